The van der Waals surface area contributed by atoms with E-state index >= 15 is 0 Å². The number of nitrogens with two attached hydrogens (primary N) is 1. The standard InChI is InChI=1S/C5H9FNO/c1-4(2-3-6)5(7)8/h2,4H,3H2,1H3,(H2,7,8)/t4-/m0/s1. The van der Waals surface area contributed by atoms with Gasteiger partial charge < -0.3 is 5.73 Å². The number of hydrogen-bond donors (Lipinski definition) is 1. The minimum absolute atomic E-state index is 0.444. The highest BCUT2D eigenvalue weighted by Gasteiger charge is 2.06. The van der Waals surface area contributed by atoms with Crippen LogP contribution in [0.1, 0.15) is 6.92 Å². The Morgan fingerprint density at radius 1 is 2.00 bits per heavy atom. The van der Waals surface area contributed by atoms with Crippen molar-refractivity contribution in [3.8, 4) is 0 Å². The van der Waals surface area contributed by atoms with Gasteiger partial charge in [0.25, 0.3) is 0 Å². The molecule has 0 rings (SSSR count). The zero-order valence-electron chi connectivity index (χ0n) is 4.73. The molecule has 1 atom stereocenters. The molecular formula is C5H9FNO. The Balaban J connectivity index is 3.32. The van der Waals surface area contributed by atoms with E-state index in [0.717, 1.165) is 0 Å². The molecule has 47 valence electrons. The van der Waals surface area contributed by atoms with Crippen molar-refractivity contribution in [1.29, 1.82) is 0 Å². The molecule has 8 heavy (non-hydrogen) atoms. The van der Waals surface area contributed by atoms with Crippen molar-refractivity contribution in [2.75, 3.05) is 6.67 Å². The Bertz CT molecular complexity index is 84.5. The lowest BCUT2D eigenvalue weighted by molar-refractivity contribution is -0.120. The van der Waals surface area contributed by atoms with Crippen LogP contribution < -0.4 is 5.73 Å². The van der Waals surface area contributed by atoms with Crippen LogP contribution in [0.2, 0.25) is 0 Å². The van der Waals surface area contributed by atoms with Crippen molar-refractivity contribution in [3.63, 3.8) is 0 Å². The molecule has 0 bridgehead atoms. The second kappa shape index (κ2) is 3.41. The highest BCUT2D eigenvalue weighted by molar-refractivity contribution is 5.77. The summed E-state index contributed by atoms with van der Waals surface area (Å²) in [5, 5.41) is 0. The number of carbonyl (C=O) groups is 1. The molecule has 0 heterocycles. The van der Waals surface area contributed by atoms with E-state index in [1.54, 1.807) is 6.92 Å². The van der Waals surface area contributed by atoms with E-state index in [0.29, 0.717) is 0 Å². The fourth-order valence-electron chi connectivity index (χ4n) is 0.250. The SMILES string of the molecule is C[C@@H]([CH]CF)C(N)=O. The largest absolute Gasteiger partial charge is 0.369 e. The zero-order valence-corrected chi connectivity index (χ0v) is 4.73. The van der Waals surface area contributed by atoms with E-state index in [9.17, 15) is 9.18 Å². The van der Waals surface area contributed by atoms with Gasteiger partial charge in [-0.25, -0.2) is 0 Å². The lowest BCUT2D eigenvalue weighted by Crippen LogP contribution is -2.21. The van der Waals surface area contributed by atoms with Gasteiger partial charge in [-0.05, 0) is 0 Å². The predicted molar refractivity (Wildman–Crippen MR) is 28.6 cm³/mol. The summed E-state index contributed by atoms with van der Waals surface area (Å²) in [5.74, 6) is -0.928. The first-order valence-electron chi connectivity index (χ1n) is 2.37. The van der Waals surface area contributed by atoms with Crippen LogP contribution in [0.15, 0.2) is 0 Å². The summed E-state index contributed by atoms with van der Waals surface area (Å²) in [7, 11) is 0. The minimum atomic E-state index is -0.593. The normalized spacial score (nSPS) is 13.2. The number of primary amides is 1. The van der Waals surface area contributed by atoms with E-state index in [4.69, 9.17) is 5.73 Å². The molecule has 3 heteroatoms. The summed E-state index contributed by atoms with van der Waals surface area (Å²) in [5.41, 5.74) is 4.79. The molecule has 0 saturated carbocycles. The van der Waals surface area contributed by atoms with Gasteiger partial charge >= 0.3 is 0 Å². The molecule has 0 aliphatic rings. The van der Waals surface area contributed by atoms with Crippen LogP contribution in [0.5, 0.6) is 0 Å². The third-order valence-corrected chi connectivity index (χ3v) is 0.891. The molecule has 0 aromatic rings. The molecule has 0 aliphatic carbocycles. The summed E-state index contributed by atoms with van der Waals surface area (Å²) < 4.78 is 11.3. The average Bonchev–Trinajstić information content (AvgIpc) is 1.67. The third-order valence-electron chi connectivity index (χ3n) is 0.891. The molecule has 0 unspecified atom stereocenters. The van der Waals surface area contributed by atoms with Crippen LogP contribution in [0.4, 0.5) is 4.39 Å². The van der Waals surface area contributed by atoms with Gasteiger partial charge in [0.2, 0.25) is 5.91 Å². The van der Waals surface area contributed by atoms with Crippen molar-refractivity contribution >= 4 is 5.91 Å². The number of alkyl halides is 1. The lowest BCUT2D eigenvalue weighted by atomic mass is 10.1. The average molecular weight is 118 g/mol. The van der Waals surface area contributed by atoms with Gasteiger partial charge in [-0.15, -0.1) is 0 Å². The molecule has 1 amide bonds. The molecule has 1 radical (unpaired) electrons. The quantitative estimate of drug-likeness (QED) is 0.568. The van der Waals surface area contributed by atoms with Crippen LogP contribution >= 0.6 is 0 Å². The monoisotopic (exact) mass is 118 g/mol. The van der Waals surface area contributed by atoms with Gasteiger partial charge in [0.15, 0.2) is 0 Å². The lowest BCUT2D eigenvalue weighted by Gasteiger charge is -1.99. The van der Waals surface area contributed by atoms with Crippen LogP contribution in [0, 0.1) is 12.3 Å². The molecule has 0 aromatic carbocycles. The van der Waals surface area contributed by atoms with Crippen molar-refractivity contribution in [2.24, 2.45) is 11.7 Å². The van der Waals surface area contributed by atoms with Gasteiger partial charge in [0.05, 0.1) is 6.67 Å². The summed E-state index contributed by atoms with van der Waals surface area (Å²) >= 11 is 0. The van der Waals surface area contributed by atoms with Crippen molar-refractivity contribution in [3.05, 3.63) is 6.42 Å². The second-order valence-corrected chi connectivity index (χ2v) is 1.58. The predicted octanol–water partition coefficient (Wildman–Crippen LogP) is 0.282. The van der Waals surface area contributed by atoms with Crippen LogP contribution in [-0.2, 0) is 4.79 Å². The number of halogens is 1. The van der Waals surface area contributed by atoms with Gasteiger partial charge in [-0.2, -0.15) is 0 Å². The highest BCUT2D eigenvalue weighted by atomic mass is 19.1. The number of carbonyl (C=O) groups excluding carboxylic acids is 1. The fraction of sp³-hybridized carbons (Fsp3) is 0.600. The summed E-state index contributed by atoms with van der Waals surface area (Å²) in [4.78, 5) is 10.1. The third kappa shape index (κ3) is 2.55. The molecule has 0 spiro atoms. The Hall–Kier alpha value is -0.600. The van der Waals surface area contributed by atoms with Crippen LogP contribution in [0.25, 0.3) is 0 Å². The summed E-state index contributed by atoms with van der Waals surface area (Å²) in [6.07, 6.45) is 1.22. The molecule has 2 nitrogen and oxygen atoms in total. The molecule has 0 fully saturated rings. The van der Waals surface area contributed by atoms with E-state index in [2.05, 4.69) is 0 Å². The van der Waals surface area contributed by atoms with Crippen LogP contribution in [0.3, 0.4) is 0 Å². The molecule has 2 N–H and O–H groups in total. The highest BCUT2D eigenvalue weighted by Crippen LogP contribution is 1.97. The first-order valence-corrected chi connectivity index (χ1v) is 2.37. The molecule has 0 saturated heterocycles. The van der Waals surface area contributed by atoms with Crippen molar-refractivity contribution < 1.29 is 9.18 Å². The minimum Gasteiger partial charge on any atom is -0.369 e. The van der Waals surface area contributed by atoms with E-state index in [1.165, 1.54) is 6.42 Å². The first-order chi connectivity index (χ1) is 3.68. The molecule has 0 aliphatic heterocycles. The smallest absolute Gasteiger partial charge is 0.220 e. The fourth-order valence-corrected chi connectivity index (χ4v) is 0.250. The zero-order chi connectivity index (χ0) is 6.57. The van der Waals surface area contributed by atoms with Crippen molar-refractivity contribution in [2.45, 2.75) is 6.92 Å². The maximum absolute atomic E-state index is 11.3. The van der Waals surface area contributed by atoms with Gasteiger partial charge in [0, 0.05) is 12.3 Å². The number of rotatable bonds is 3. The number of amides is 1. The topological polar surface area (TPSA) is 43.1 Å². The Kier molecular flexibility index (Phi) is 3.15. The number of hydrogen-bond acceptors (Lipinski definition) is 1. The van der Waals surface area contributed by atoms with E-state index in [-0.39, 0.29) is 0 Å². The first kappa shape index (κ1) is 7.40. The van der Waals surface area contributed by atoms with E-state index in [1.807, 2.05) is 0 Å². The Morgan fingerprint density at radius 3 is 2.62 bits per heavy atom. The van der Waals surface area contributed by atoms with Gasteiger partial charge in [-0.1, -0.05) is 6.92 Å². The van der Waals surface area contributed by atoms with Crippen LogP contribution in [-0.4, -0.2) is 12.6 Å². The Labute approximate surface area is 47.9 Å². The summed E-state index contributed by atoms with van der Waals surface area (Å²) in [6, 6.07) is 0. The Morgan fingerprint density at radius 2 is 2.50 bits per heavy atom. The second-order valence-electron chi connectivity index (χ2n) is 1.58. The maximum Gasteiger partial charge on any atom is 0.220 e. The van der Waals surface area contributed by atoms with Crippen molar-refractivity contribution in [1.82, 2.24) is 0 Å². The van der Waals surface area contributed by atoms with E-state index < -0.39 is 18.5 Å². The maximum atomic E-state index is 11.3. The molecular weight excluding hydrogens is 109 g/mol. The molecule has 0 aromatic heterocycles. The van der Waals surface area contributed by atoms with Gasteiger partial charge in [0.1, 0.15) is 0 Å². The van der Waals surface area contributed by atoms with Gasteiger partial charge in [-0.3, -0.25) is 9.18 Å². The summed E-state index contributed by atoms with van der Waals surface area (Å²) in [6.45, 7) is 0.964.